The van der Waals surface area contributed by atoms with Crippen LogP contribution in [0.15, 0.2) is 0 Å². The molecule has 0 saturated carbocycles. The van der Waals surface area contributed by atoms with E-state index in [1.165, 1.54) is 64.2 Å². The van der Waals surface area contributed by atoms with E-state index < -0.39 is 0 Å². The van der Waals surface area contributed by atoms with Gasteiger partial charge >= 0.3 is 0 Å². The van der Waals surface area contributed by atoms with E-state index in [0.717, 1.165) is 19.4 Å². The zero-order valence-electron chi connectivity index (χ0n) is 11.7. The Balaban J connectivity index is 2.87. The van der Waals surface area contributed by atoms with Crippen LogP contribution in [0.4, 0.5) is 0 Å². The molecule has 2 heteroatoms. The van der Waals surface area contributed by atoms with E-state index in [9.17, 15) is 4.79 Å². The molecule has 0 aromatic rings. The highest BCUT2D eigenvalue weighted by molar-refractivity contribution is 5.49. The lowest BCUT2D eigenvalue weighted by molar-refractivity contribution is -0.107. The van der Waals surface area contributed by atoms with Crippen LogP contribution in [-0.2, 0) is 4.79 Å². The molecule has 0 spiro atoms. The van der Waals surface area contributed by atoms with Gasteiger partial charge in [0.05, 0.1) is 0 Å². The fourth-order valence-electron chi connectivity index (χ4n) is 2.02. The molecular formula is C15H31NO. The van der Waals surface area contributed by atoms with E-state index in [0.29, 0.717) is 6.42 Å². The van der Waals surface area contributed by atoms with Gasteiger partial charge in [-0.3, -0.25) is 0 Å². The van der Waals surface area contributed by atoms with E-state index in [-0.39, 0.29) is 0 Å². The molecule has 0 heterocycles. The Kier molecular flexibility index (Phi) is 15.3. The van der Waals surface area contributed by atoms with Gasteiger partial charge in [-0.1, -0.05) is 64.7 Å². The third kappa shape index (κ3) is 15.6. The average molecular weight is 241 g/mol. The molecule has 0 saturated heterocycles. The topological polar surface area (TPSA) is 29.1 Å². The van der Waals surface area contributed by atoms with Gasteiger partial charge in [-0.2, -0.15) is 0 Å². The Morgan fingerprint density at radius 3 is 1.82 bits per heavy atom. The van der Waals surface area contributed by atoms with Gasteiger partial charge in [-0.25, -0.2) is 0 Å². The maximum absolute atomic E-state index is 10.1. The second-order valence-electron chi connectivity index (χ2n) is 4.89. The summed E-state index contributed by atoms with van der Waals surface area (Å²) in [6.45, 7) is 4.19. The van der Waals surface area contributed by atoms with Crippen molar-refractivity contribution in [1.82, 2.24) is 5.32 Å². The molecule has 0 radical (unpaired) electrons. The van der Waals surface area contributed by atoms with Crippen LogP contribution in [0, 0.1) is 0 Å². The third-order valence-electron chi connectivity index (χ3n) is 3.15. The molecule has 0 aromatic carbocycles. The molecule has 0 rings (SSSR count). The van der Waals surface area contributed by atoms with Crippen LogP contribution in [0.1, 0.15) is 77.6 Å². The standard InChI is InChI=1S/C15H31NO/c1-2-3-4-5-6-7-8-9-10-11-13-16-14-12-15-17/h15-16H,2-14H2,1H3. The van der Waals surface area contributed by atoms with Crippen molar-refractivity contribution in [1.29, 1.82) is 0 Å². The molecule has 1 N–H and O–H groups in total. The van der Waals surface area contributed by atoms with Crippen LogP contribution < -0.4 is 5.32 Å². The molecule has 0 aliphatic carbocycles. The smallest absolute Gasteiger partial charge is 0.121 e. The summed E-state index contributed by atoms with van der Waals surface area (Å²) in [6, 6.07) is 0. The van der Waals surface area contributed by atoms with E-state index in [4.69, 9.17) is 0 Å². The predicted molar refractivity (Wildman–Crippen MR) is 75.4 cm³/mol. The fourth-order valence-corrected chi connectivity index (χ4v) is 2.02. The van der Waals surface area contributed by atoms with Gasteiger partial charge in [0.1, 0.15) is 6.29 Å². The molecule has 2 nitrogen and oxygen atoms in total. The zero-order valence-corrected chi connectivity index (χ0v) is 11.7. The highest BCUT2D eigenvalue weighted by atomic mass is 16.1. The Hall–Kier alpha value is -0.370. The van der Waals surface area contributed by atoms with E-state index in [1.54, 1.807) is 0 Å². The first-order chi connectivity index (χ1) is 8.41. The van der Waals surface area contributed by atoms with Gasteiger partial charge < -0.3 is 10.1 Å². The Bertz CT molecular complexity index is 148. The monoisotopic (exact) mass is 241 g/mol. The first-order valence-corrected chi connectivity index (χ1v) is 7.56. The summed E-state index contributed by atoms with van der Waals surface area (Å²) in [5.74, 6) is 0. The maximum atomic E-state index is 10.1. The summed E-state index contributed by atoms with van der Waals surface area (Å²) >= 11 is 0. The molecule has 0 fully saturated rings. The second kappa shape index (κ2) is 15.6. The Morgan fingerprint density at radius 1 is 0.765 bits per heavy atom. The molecular weight excluding hydrogens is 210 g/mol. The van der Waals surface area contributed by atoms with Gasteiger partial charge in [0.25, 0.3) is 0 Å². The summed E-state index contributed by atoms with van der Waals surface area (Å²) in [5, 5.41) is 3.28. The van der Waals surface area contributed by atoms with Crippen LogP contribution in [0.25, 0.3) is 0 Å². The SMILES string of the molecule is CCCCCCCCCCCCNCCC=O. The van der Waals surface area contributed by atoms with Crippen molar-refractivity contribution in [3.63, 3.8) is 0 Å². The highest BCUT2D eigenvalue weighted by Gasteiger charge is 1.92. The summed E-state index contributed by atoms with van der Waals surface area (Å²) in [7, 11) is 0. The van der Waals surface area contributed by atoms with E-state index >= 15 is 0 Å². The minimum absolute atomic E-state index is 0.651. The van der Waals surface area contributed by atoms with Gasteiger partial charge in [0, 0.05) is 13.0 Å². The van der Waals surface area contributed by atoms with Crippen LogP contribution in [0.3, 0.4) is 0 Å². The van der Waals surface area contributed by atoms with Gasteiger partial charge in [-0.15, -0.1) is 0 Å². The van der Waals surface area contributed by atoms with E-state index in [2.05, 4.69) is 12.2 Å². The minimum Gasteiger partial charge on any atom is -0.316 e. The predicted octanol–water partition coefficient (Wildman–Crippen LogP) is 4.09. The van der Waals surface area contributed by atoms with Crippen molar-refractivity contribution in [3.05, 3.63) is 0 Å². The molecule has 0 aromatic heterocycles. The molecule has 17 heavy (non-hydrogen) atoms. The minimum atomic E-state index is 0.651. The number of aldehydes is 1. The maximum Gasteiger partial charge on any atom is 0.121 e. The summed E-state index contributed by atoms with van der Waals surface area (Å²) < 4.78 is 0. The van der Waals surface area contributed by atoms with Crippen molar-refractivity contribution in [2.45, 2.75) is 77.6 Å². The van der Waals surface area contributed by atoms with Crippen LogP contribution in [0.2, 0.25) is 0 Å². The molecule has 0 bridgehead atoms. The zero-order chi connectivity index (χ0) is 12.6. The summed E-state index contributed by atoms with van der Waals surface area (Å²) in [6.07, 6.45) is 15.5. The molecule has 0 aliphatic heterocycles. The first kappa shape index (κ1) is 16.6. The molecule has 0 unspecified atom stereocenters. The molecule has 102 valence electrons. The number of hydrogen-bond acceptors (Lipinski definition) is 2. The number of rotatable bonds is 14. The second-order valence-corrected chi connectivity index (χ2v) is 4.89. The Labute approximate surface area is 108 Å². The van der Waals surface area contributed by atoms with Crippen molar-refractivity contribution in [2.24, 2.45) is 0 Å². The number of unbranched alkanes of at least 4 members (excludes halogenated alkanes) is 9. The van der Waals surface area contributed by atoms with Gasteiger partial charge in [-0.05, 0) is 13.0 Å². The lowest BCUT2D eigenvalue weighted by Gasteiger charge is -2.03. The van der Waals surface area contributed by atoms with E-state index in [1.807, 2.05) is 0 Å². The van der Waals surface area contributed by atoms with Crippen molar-refractivity contribution in [2.75, 3.05) is 13.1 Å². The molecule has 0 atom stereocenters. The molecule has 0 amide bonds. The third-order valence-corrected chi connectivity index (χ3v) is 3.15. The summed E-state index contributed by atoms with van der Waals surface area (Å²) in [5.41, 5.74) is 0. The van der Waals surface area contributed by atoms with Crippen molar-refractivity contribution >= 4 is 6.29 Å². The van der Waals surface area contributed by atoms with Crippen molar-refractivity contribution in [3.8, 4) is 0 Å². The molecule has 0 aliphatic rings. The van der Waals surface area contributed by atoms with Gasteiger partial charge in [0.15, 0.2) is 0 Å². The largest absolute Gasteiger partial charge is 0.316 e. The fraction of sp³-hybridized carbons (Fsp3) is 0.933. The lowest BCUT2D eigenvalue weighted by Crippen LogP contribution is -2.16. The quantitative estimate of drug-likeness (QED) is 0.367. The number of hydrogen-bond donors (Lipinski definition) is 1. The Morgan fingerprint density at radius 2 is 1.29 bits per heavy atom. The average Bonchev–Trinajstić information content (AvgIpc) is 2.35. The van der Waals surface area contributed by atoms with Crippen LogP contribution in [-0.4, -0.2) is 19.4 Å². The van der Waals surface area contributed by atoms with Crippen LogP contribution >= 0.6 is 0 Å². The summed E-state index contributed by atoms with van der Waals surface area (Å²) in [4.78, 5) is 10.1. The number of carbonyl (C=O) groups is 1. The van der Waals surface area contributed by atoms with Crippen molar-refractivity contribution < 1.29 is 4.79 Å². The highest BCUT2D eigenvalue weighted by Crippen LogP contribution is 2.10. The normalized spacial score (nSPS) is 10.6. The lowest BCUT2D eigenvalue weighted by atomic mass is 10.1. The van der Waals surface area contributed by atoms with Crippen LogP contribution in [0.5, 0.6) is 0 Å². The number of nitrogens with one attached hydrogen (secondary N) is 1. The van der Waals surface area contributed by atoms with Gasteiger partial charge in [0.2, 0.25) is 0 Å². The number of carbonyl (C=O) groups excluding carboxylic acids is 1. The first-order valence-electron chi connectivity index (χ1n) is 7.56.